The molecule has 1 amide bonds. The molecule has 0 unspecified atom stereocenters. The molecule has 6 nitrogen and oxygen atoms in total. The Morgan fingerprint density at radius 2 is 1.76 bits per heavy atom. The molecule has 0 radical (unpaired) electrons. The van der Waals surface area contributed by atoms with Crippen LogP contribution in [0.1, 0.15) is 6.42 Å². The van der Waals surface area contributed by atoms with Crippen LogP contribution in [-0.4, -0.2) is 59.6 Å². The summed E-state index contributed by atoms with van der Waals surface area (Å²) in [5, 5.41) is 10.8. The molecule has 0 saturated carbocycles. The van der Waals surface area contributed by atoms with Gasteiger partial charge in [0.25, 0.3) is 0 Å². The Morgan fingerprint density at radius 3 is 2.47 bits per heavy atom. The molecular weight excluding hydrogens is 503 g/mol. The first kappa shape index (κ1) is 24.5. The Balaban J connectivity index is 1.09. The highest BCUT2D eigenvalue weighted by atomic mass is 32.1. The van der Waals surface area contributed by atoms with Crippen LogP contribution in [0.2, 0.25) is 0 Å². The quantitative estimate of drug-likeness (QED) is 0.281. The molecule has 3 heterocycles. The third-order valence-corrected chi connectivity index (χ3v) is 7.98. The molecule has 8 heteroatoms. The van der Waals surface area contributed by atoms with Gasteiger partial charge in [-0.15, -0.1) is 11.3 Å². The van der Waals surface area contributed by atoms with Crippen LogP contribution in [0.25, 0.3) is 20.5 Å². The number of carbonyl (C=O) groups is 1. The molecule has 2 aliphatic heterocycles. The molecule has 2 saturated heterocycles. The fraction of sp³-hybridized carbons (Fsp3) is 0.233. The van der Waals surface area contributed by atoms with Gasteiger partial charge in [0, 0.05) is 48.9 Å². The van der Waals surface area contributed by atoms with Crippen molar-refractivity contribution in [1.29, 1.82) is 0 Å². The number of aromatic hydroxyl groups is 1. The molecule has 2 fully saturated rings. The van der Waals surface area contributed by atoms with Gasteiger partial charge in [0.05, 0.1) is 4.88 Å². The van der Waals surface area contributed by atoms with Crippen molar-refractivity contribution in [1.82, 2.24) is 9.80 Å². The van der Waals surface area contributed by atoms with Crippen LogP contribution in [0.4, 0.5) is 4.39 Å². The maximum absolute atomic E-state index is 13.5. The van der Waals surface area contributed by atoms with Crippen LogP contribution in [0.3, 0.4) is 0 Å². The largest absolute Gasteiger partial charge is 0.508 e. The number of phenols is 1. The summed E-state index contributed by atoms with van der Waals surface area (Å²) >= 11 is 1.49. The number of halogens is 1. The molecular formula is C30H27FN2O4S. The van der Waals surface area contributed by atoms with E-state index in [0.717, 1.165) is 65.4 Å². The van der Waals surface area contributed by atoms with Gasteiger partial charge >= 0.3 is 0 Å². The van der Waals surface area contributed by atoms with E-state index in [9.17, 15) is 14.3 Å². The number of hydrogen-bond donors (Lipinski definition) is 1. The molecule has 4 aromatic rings. The third-order valence-electron chi connectivity index (χ3n) is 6.80. The Kier molecular flexibility index (Phi) is 6.74. The summed E-state index contributed by atoms with van der Waals surface area (Å²) in [5.74, 6) is 2.08. The zero-order chi connectivity index (χ0) is 26.1. The van der Waals surface area contributed by atoms with Crippen LogP contribution in [0, 0.1) is 5.82 Å². The first-order valence-corrected chi connectivity index (χ1v) is 13.5. The molecule has 2 aliphatic rings. The van der Waals surface area contributed by atoms with Crippen LogP contribution in [0.15, 0.2) is 78.9 Å². The van der Waals surface area contributed by atoms with E-state index in [1.165, 1.54) is 23.5 Å². The summed E-state index contributed by atoms with van der Waals surface area (Å²) in [6, 6.07) is 19.0. The molecule has 0 atom stereocenters. The lowest BCUT2D eigenvalue weighted by atomic mass is 10.1. The van der Waals surface area contributed by atoms with Crippen LogP contribution in [0.5, 0.6) is 23.0 Å². The zero-order valence-corrected chi connectivity index (χ0v) is 21.5. The Hall–Kier alpha value is -3.88. The van der Waals surface area contributed by atoms with Crippen molar-refractivity contribution < 1.29 is 23.8 Å². The van der Waals surface area contributed by atoms with E-state index >= 15 is 0 Å². The summed E-state index contributed by atoms with van der Waals surface area (Å²) in [6.07, 6.45) is 4.82. The normalized spacial score (nSPS) is 16.0. The van der Waals surface area contributed by atoms with Crippen LogP contribution >= 0.6 is 11.3 Å². The van der Waals surface area contributed by atoms with Gasteiger partial charge in [-0.3, -0.25) is 9.69 Å². The molecule has 194 valence electrons. The second-order valence-electron chi connectivity index (χ2n) is 9.56. The number of ether oxygens (including phenoxy) is 2. The smallest absolute Gasteiger partial charge is 0.246 e. The summed E-state index contributed by atoms with van der Waals surface area (Å²) in [4.78, 5) is 16.8. The number of benzene rings is 3. The Labute approximate surface area is 224 Å². The minimum absolute atomic E-state index is 0.102. The molecule has 1 aromatic heterocycles. The summed E-state index contributed by atoms with van der Waals surface area (Å²) in [6.45, 7) is 4.12. The minimum Gasteiger partial charge on any atom is -0.508 e. The van der Waals surface area contributed by atoms with Crippen molar-refractivity contribution >= 4 is 27.3 Å². The van der Waals surface area contributed by atoms with Crippen LogP contribution < -0.4 is 9.47 Å². The van der Waals surface area contributed by atoms with Gasteiger partial charge in [0.15, 0.2) is 5.75 Å². The third kappa shape index (κ3) is 5.23. The van der Waals surface area contributed by atoms with Gasteiger partial charge in [-0.1, -0.05) is 18.2 Å². The Morgan fingerprint density at radius 1 is 1.03 bits per heavy atom. The number of hydrogen-bond acceptors (Lipinski definition) is 6. The van der Waals surface area contributed by atoms with E-state index in [-0.39, 0.29) is 23.6 Å². The zero-order valence-electron chi connectivity index (χ0n) is 20.7. The summed E-state index contributed by atoms with van der Waals surface area (Å²) in [5.41, 5.74) is 0.844. The van der Waals surface area contributed by atoms with Crippen molar-refractivity contribution in [2.45, 2.75) is 12.5 Å². The predicted octanol–water partition coefficient (Wildman–Crippen LogP) is 6.06. The van der Waals surface area contributed by atoms with Crippen LogP contribution in [-0.2, 0) is 4.79 Å². The highest BCUT2D eigenvalue weighted by Crippen LogP contribution is 2.47. The van der Waals surface area contributed by atoms with Crippen molar-refractivity contribution in [3.63, 3.8) is 0 Å². The van der Waals surface area contributed by atoms with Crippen molar-refractivity contribution in [3.8, 4) is 33.4 Å². The molecule has 1 N–H and O–H groups in total. The highest BCUT2D eigenvalue weighted by Gasteiger charge is 2.27. The number of fused-ring (bicyclic) bond motifs is 1. The summed E-state index contributed by atoms with van der Waals surface area (Å²) in [7, 11) is 0. The van der Waals surface area contributed by atoms with E-state index in [2.05, 4.69) is 4.90 Å². The van der Waals surface area contributed by atoms with E-state index in [4.69, 9.17) is 9.47 Å². The van der Waals surface area contributed by atoms with Crippen molar-refractivity contribution in [3.05, 3.63) is 84.7 Å². The Bertz CT molecular complexity index is 1470. The molecule has 0 bridgehead atoms. The van der Waals surface area contributed by atoms with Gasteiger partial charge in [0.2, 0.25) is 5.91 Å². The topological polar surface area (TPSA) is 62.2 Å². The second-order valence-corrected chi connectivity index (χ2v) is 10.6. The standard InChI is InChI=1S/C30H27FN2O4S/c31-21-6-4-20(5-7-21)30-29(26-13-8-22(34)17-27(26)38-30)37-24-11-9-23(10-12-24)36-25-18-32(19-25)14-1-3-28(35)33-15-2-16-33/h1,3-13,17,25,34H,2,14-16,18-19H2/b3-1+. The second kappa shape index (κ2) is 10.5. The number of likely N-dealkylation sites (tertiary alicyclic amines) is 2. The number of carbonyl (C=O) groups excluding carboxylic acids is 1. The van der Waals surface area contributed by atoms with E-state index < -0.39 is 0 Å². The lowest BCUT2D eigenvalue weighted by Crippen LogP contribution is -2.53. The molecule has 38 heavy (non-hydrogen) atoms. The lowest BCUT2D eigenvalue weighted by molar-refractivity contribution is -0.129. The lowest BCUT2D eigenvalue weighted by Gasteiger charge is -2.38. The number of phenolic OH excluding ortho intramolecular Hbond substituents is 1. The first-order valence-electron chi connectivity index (χ1n) is 12.7. The van der Waals surface area contributed by atoms with Crippen molar-refractivity contribution in [2.24, 2.45) is 0 Å². The maximum Gasteiger partial charge on any atom is 0.246 e. The number of amides is 1. The van der Waals surface area contributed by atoms with Crippen molar-refractivity contribution in [2.75, 3.05) is 32.7 Å². The van der Waals surface area contributed by atoms with E-state index in [1.54, 1.807) is 30.3 Å². The average molecular weight is 531 g/mol. The van der Waals surface area contributed by atoms with E-state index in [1.807, 2.05) is 41.3 Å². The van der Waals surface area contributed by atoms with Gasteiger partial charge in [-0.25, -0.2) is 4.39 Å². The number of nitrogens with zero attached hydrogens (tertiary/aromatic N) is 2. The van der Waals surface area contributed by atoms with Gasteiger partial charge in [0.1, 0.15) is 29.2 Å². The molecule has 0 spiro atoms. The highest BCUT2D eigenvalue weighted by molar-refractivity contribution is 7.22. The first-order chi connectivity index (χ1) is 18.5. The fourth-order valence-electron chi connectivity index (χ4n) is 4.54. The fourth-order valence-corrected chi connectivity index (χ4v) is 5.71. The molecule has 6 rings (SSSR count). The molecule has 0 aliphatic carbocycles. The van der Waals surface area contributed by atoms with E-state index in [0.29, 0.717) is 11.5 Å². The summed E-state index contributed by atoms with van der Waals surface area (Å²) < 4.78 is 26.8. The van der Waals surface area contributed by atoms with Gasteiger partial charge < -0.3 is 19.5 Å². The SMILES string of the molecule is O=C(/C=C/CN1CC(Oc2ccc(Oc3c(-c4ccc(F)cc4)sc4cc(O)ccc34)cc2)C1)N1CCC1. The number of thiophene rings is 1. The van der Waals surface area contributed by atoms with Gasteiger partial charge in [-0.05, 0) is 66.6 Å². The van der Waals surface area contributed by atoms with Gasteiger partial charge in [-0.2, -0.15) is 0 Å². The number of rotatable bonds is 8. The molecule has 3 aromatic carbocycles. The predicted molar refractivity (Wildman–Crippen MR) is 147 cm³/mol. The maximum atomic E-state index is 13.5. The average Bonchev–Trinajstić information content (AvgIpc) is 3.20. The monoisotopic (exact) mass is 530 g/mol. The minimum atomic E-state index is -0.297.